The highest BCUT2D eigenvalue weighted by atomic mass is 16.7. The van der Waals surface area contributed by atoms with Gasteiger partial charge in [-0.25, -0.2) is 4.98 Å². The summed E-state index contributed by atoms with van der Waals surface area (Å²) in [5.74, 6) is 1.87. The van der Waals surface area contributed by atoms with Gasteiger partial charge < -0.3 is 19.4 Å². The van der Waals surface area contributed by atoms with E-state index in [-0.39, 0.29) is 19.2 Å². The van der Waals surface area contributed by atoms with Gasteiger partial charge >= 0.3 is 0 Å². The first-order valence-electron chi connectivity index (χ1n) is 7.70. The van der Waals surface area contributed by atoms with Crippen LogP contribution in [-0.2, 0) is 11.3 Å². The molecular formula is C18H14N4O3. The molecule has 1 amide bonds. The molecule has 0 spiro atoms. The zero-order valence-corrected chi connectivity index (χ0v) is 13.4. The molecule has 3 aromatic rings. The van der Waals surface area contributed by atoms with Crippen LogP contribution in [0.25, 0.3) is 11.0 Å². The fraction of sp³-hybridized carbons (Fsp3) is 0.167. The third-order valence-electron chi connectivity index (χ3n) is 4.03. The molecule has 124 valence electrons. The Labute approximate surface area is 143 Å². The molecule has 1 N–H and O–H groups in total. The van der Waals surface area contributed by atoms with Crippen molar-refractivity contribution in [2.75, 3.05) is 12.1 Å². The molecule has 0 unspecified atom stereocenters. The van der Waals surface area contributed by atoms with Crippen molar-refractivity contribution in [3.8, 4) is 17.6 Å². The van der Waals surface area contributed by atoms with Crippen LogP contribution in [0.5, 0.6) is 11.5 Å². The highest BCUT2D eigenvalue weighted by Gasteiger charge is 2.19. The van der Waals surface area contributed by atoms with E-state index in [0.29, 0.717) is 22.7 Å². The van der Waals surface area contributed by atoms with Gasteiger partial charge in [-0.2, -0.15) is 5.26 Å². The van der Waals surface area contributed by atoms with Crippen LogP contribution < -0.4 is 14.8 Å². The maximum atomic E-state index is 12.4. The molecule has 1 aliphatic rings. The van der Waals surface area contributed by atoms with E-state index >= 15 is 0 Å². The molecule has 7 heteroatoms. The standard InChI is InChI=1S/C18H14N4O3/c1-11-20-14-6-16-17(25-10-24-16)7-15(14)22(11)9-18(23)21-13-4-2-12(8-19)3-5-13/h2-7H,9-10H2,1H3,(H,21,23). The molecule has 1 aliphatic heterocycles. The van der Waals surface area contributed by atoms with Gasteiger partial charge in [0.1, 0.15) is 12.4 Å². The van der Waals surface area contributed by atoms with Crippen LogP contribution in [0, 0.1) is 18.3 Å². The number of fused-ring (bicyclic) bond motifs is 2. The van der Waals surface area contributed by atoms with Crippen LogP contribution in [0.3, 0.4) is 0 Å². The lowest BCUT2D eigenvalue weighted by molar-refractivity contribution is -0.116. The van der Waals surface area contributed by atoms with Crippen molar-refractivity contribution in [1.29, 1.82) is 5.26 Å². The van der Waals surface area contributed by atoms with E-state index in [9.17, 15) is 4.79 Å². The summed E-state index contributed by atoms with van der Waals surface area (Å²) in [7, 11) is 0. The molecule has 1 aromatic heterocycles. The lowest BCUT2D eigenvalue weighted by Gasteiger charge is -2.09. The van der Waals surface area contributed by atoms with E-state index in [2.05, 4.69) is 10.3 Å². The second-order valence-electron chi connectivity index (χ2n) is 5.68. The molecule has 25 heavy (non-hydrogen) atoms. The molecule has 7 nitrogen and oxygen atoms in total. The second kappa shape index (κ2) is 5.83. The average molecular weight is 334 g/mol. The molecular weight excluding hydrogens is 320 g/mol. The minimum absolute atomic E-state index is 0.127. The zero-order chi connectivity index (χ0) is 17.4. The summed E-state index contributed by atoms with van der Waals surface area (Å²) < 4.78 is 12.6. The van der Waals surface area contributed by atoms with Gasteiger partial charge in [0.2, 0.25) is 12.7 Å². The van der Waals surface area contributed by atoms with Crippen molar-refractivity contribution in [1.82, 2.24) is 9.55 Å². The highest BCUT2D eigenvalue weighted by molar-refractivity contribution is 5.92. The fourth-order valence-corrected chi connectivity index (χ4v) is 2.81. The van der Waals surface area contributed by atoms with Crippen molar-refractivity contribution in [2.45, 2.75) is 13.5 Å². The topological polar surface area (TPSA) is 89.2 Å². The van der Waals surface area contributed by atoms with Crippen LogP contribution in [0.2, 0.25) is 0 Å². The molecule has 0 bridgehead atoms. The van der Waals surface area contributed by atoms with Crippen molar-refractivity contribution in [3.05, 3.63) is 47.8 Å². The Morgan fingerprint density at radius 3 is 2.72 bits per heavy atom. The minimum Gasteiger partial charge on any atom is -0.454 e. The molecule has 4 rings (SSSR count). The van der Waals surface area contributed by atoms with Gasteiger partial charge in [-0.05, 0) is 31.2 Å². The number of nitrogens with zero attached hydrogens (tertiary/aromatic N) is 3. The average Bonchev–Trinajstić information content (AvgIpc) is 3.18. The van der Waals surface area contributed by atoms with Crippen LogP contribution in [0.4, 0.5) is 5.69 Å². The molecule has 2 heterocycles. The summed E-state index contributed by atoms with van der Waals surface area (Å²) in [5.41, 5.74) is 2.76. The number of carbonyl (C=O) groups is 1. The summed E-state index contributed by atoms with van der Waals surface area (Å²) in [6, 6.07) is 12.4. The Morgan fingerprint density at radius 2 is 2.00 bits per heavy atom. The Balaban J connectivity index is 1.58. The van der Waals surface area contributed by atoms with Gasteiger partial charge in [0.15, 0.2) is 11.5 Å². The number of benzene rings is 2. The van der Waals surface area contributed by atoms with E-state index < -0.39 is 0 Å². The number of aromatic nitrogens is 2. The fourth-order valence-electron chi connectivity index (χ4n) is 2.81. The third kappa shape index (κ3) is 2.74. The van der Waals surface area contributed by atoms with E-state index in [1.54, 1.807) is 24.3 Å². The van der Waals surface area contributed by atoms with Gasteiger partial charge in [-0.3, -0.25) is 4.79 Å². The van der Waals surface area contributed by atoms with E-state index in [4.69, 9.17) is 14.7 Å². The number of nitriles is 1. The summed E-state index contributed by atoms with van der Waals surface area (Å²) >= 11 is 0. The first-order valence-corrected chi connectivity index (χ1v) is 7.70. The van der Waals surface area contributed by atoms with Crippen LogP contribution in [0.1, 0.15) is 11.4 Å². The number of rotatable bonds is 3. The quantitative estimate of drug-likeness (QED) is 0.795. The van der Waals surface area contributed by atoms with Crippen LogP contribution in [0.15, 0.2) is 36.4 Å². The number of amides is 1. The van der Waals surface area contributed by atoms with Crippen molar-refractivity contribution < 1.29 is 14.3 Å². The van der Waals surface area contributed by atoms with Crippen LogP contribution >= 0.6 is 0 Å². The Hall–Kier alpha value is -3.53. The van der Waals surface area contributed by atoms with Gasteiger partial charge in [-0.1, -0.05) is 0 Å². The van der Waals surface area contributed by atoms with E-state index in [0.717, 1.165) is 16.9 Å². The van der Waals surface area contributed by atoms with Gasteiger partial charge in [-0.15, -0.1) is 0 Å². The number of imidazole rings is 1. The number of hydrogen-bond donors (Lipinski definition) is 1. The molecule has 2 aromatic carbocycles. The molecule has 0 aliphatic carbocycles. The predicted molar refractivity (Wildman–Crippen MR) is 90.4 cm³/mol. The van der Waals surface area contributed by atoms with Crippen molar-refractivity contribution in [2.24, 2.45) is 0 Å². The Morgan fingerprint density at radius 1 is 1.28 bits per heavy atom. The predicted octanol–water partition coefficient (Wildman–Crippen LogP) is 2.58. The first kappa shape index (κ1) is 15.0. The van der Waals surface area contributed by atoms with Crippen molar-refractivity contribution in [3.63, 3.8) is 0 Å². The number of hydrogen-bond acceptors (Lipinski definition) is 5. The minimum atomic E-state index is -0.176. The SMILES string of the molecule is Cc1nc2cc3c(cc2n1CC(=O)Nc1ccc(C#N)cc1)OCO3. The molecule has 0 fully saturated rings. The molecule has 0 radical (unpaired) electrons. The van der Waals surface area contributed by atoms with Crippen molar-refractivity contribution >= 4 is 22.6 Å². The van der Waals surface area contributed by atoms with Crippen LogP contribution in [-0.4, -0.2) is 22.3 Å². The zero-order valence-electron chi connectivity index (χ0n) is 13.4. The first-order chi connectivity index (χ1) is 12.1. The summed E-state index contributed by atoms with van der Waals surface area (Å²) in [5, 5.41) is 11.6. The van der Waals surface area contributed by atoms with E-state index in [1.165, 1.54) is 0 Å². The smallest absolute Gasteiger partial charge is 0.244 e. The summed E-state index contributed by atoms with van der Waals surface area (Å²) in [4.78, 5) is 16.9. The maximum absolute atomic E-state index is 12.4. The van der Waals surface area contributed by atoms with Gasteiger partial charge in [0.25, 0.3) is 0 Å². The lowest BCUT2D eigenvalue weighted by atomic mass is 10.2. The number of carbonyl (C=O) groups excluding carboxylic acids is 1. The molecule has 0 saturated heterocycles. The normalized spacial score (nSPS) is 12.2. The van der Waals surface area contributed by atoms with Gasteiger partial charge in [0.05, 0.1) is 22.7 Å². The second-order valence-corrected chi connectivity index (χ2v) is 5.68. The lowest BCUT2D eigenvalue weighted by Crippen LogP contribution is -2.19. The maximum Gasteiger partial charge on any atom is 0.244 e. The molecule has 0 saturated carbocycles. The third-order valence-corrected chi connectivity index (χ3v) is 4.03. The van der Waals surface area contributed by atoms with E-state index in [1.807, 2.05) is 29.7 Å². The largest absolute Gasteiger partial charge is 0.454 e. The monoisotopic (exact) mass is 334 g/mol. The van der Waals surface area contributed by atoms with Gasteiger partial charge in [0, 0.05) is 17.8 Å². The number of aryl methyl sites for hydroxylation is 1. The number of ether oxygens (including phenoxy) is 2. The number of nitrogens with one attached hydrogen (secondary N) is 1. The number of anilines is 1. The Bertz CT molecular complexity index is 1020. The summed E-state index contributed by atoms with van der Waals surface area (Å²) in [6.07, 6.45) is 0. The summed E-state index contributed by atoms with van der Waals surface area (Å²) in [6.45, 7) is 2.17. The highest BCUT2D eigenvalue weighted by Crippen LogP contribution is 2.36. The molecule has 0 atom stereocenters. The Kier molecular flexibility index (Phi) is 3.51.